The lowest BCUT2D eigenvalue weighted by Crippen LogP contribution is -2.02. The maximum Gasteiger partial charge on any atom is 0.199 e. The third kappa shape index (κ3) is 2.49. The molecule has 2 aromatic rings. The van der Waals surface area contributed by atoms with Gasteiger partial charge in [0.1, 0.15) is 11.5 Å². The van der Waals surface area contributed by atoms with Gasteiger partial charge in [0, 0.05) is 5.56 Å². The predicted octanol–water partition coefficient (Wildman–Crippen LogP) is 5.07. The molecule has 0 saturated carbocycles. The van der Waals surface area contributed by atoms with E-state index in [1.807, 2.05) is 61.0 Å². The summed E-state index contributed by atoms with van der Waals surface area (Å²) in [6, 6.07) is 15.1. The highest BCUT2D eigenvalue weighted by molar-refractivity contribution is 8.22. The number of rotatable bonds is 2. The first-order chi connectivity index (χ1) is 10.3. The monoisotopic (exact) mass is 314 g/mol. The van der Waals surface area contributed by atoms with E-state index >= 15 is 0 Å². The van der Waals surface area contributed by atoms with Crippen LogP contribution in [0.2, 0.25) is 0 Å². The molecule has 0 radical (unpaired) electrons. The van der Waals surface area contributed by atoms with Crippen molar-refractivity contribution < 1.29 is 9.53 Å². The van der Waals surface area contributed by atoms with Crippen LogP contribution in [0.5, 0.6) is 11.5 Å². The van der Waals surface area contributed by atoms with Gasteiger partial charge in [0.2, 0.25) is 0 Å². The molecule has 1 aliphatic rings. The second-order valence-corrected chi connectivity index (χ2v) is 6.39. The van der Waals surface area contributed by atoms with E-state index in [4.69, 9.17) is 4.74 Å². The van der Waals surface area contributed by atoms with E-state index in [1.165, 1.54) is 0 Å². The van der Waals surface area contributed by atoms with Crippen molar-refractivity contribution in [2.45, 2.75) is 0 Å². The first kappa shape index (κ1) is 14.3. The molecule has 2 aromatic carbocycles. The van der Waals surface area contributed by atoms with Crippen LogP contribution in [-0.4, -0.2) is 18.3 Å². The minimum Gasteiger partial charge on any atom is -0.456 e. The number of fused-ring (bicyclic) bond motifs is 2. The minimum atomic E-state index is 0.0225. The van der Waals surface area contributed by atoms with Crippen LogP contribution < -0.4 is 4.74 Å². The number of allylic oxidation sites excluding steroid dienone is 1. The Morgan fingerprint density at radius 1 is 0.857 bits per heavy atom. The summed E-state index contributed by atoms with van der Waals surface area (Å²) >= 11 is 3.19. The largest absolute Gasteiger partial charge is 0.456 e. The second kappa shape index (κ2) is 6.00. The highest BCUT2D eigenvalue weighted by atomic mass is 32.2. The zero-order valence-corrected chi connectivity index (χ0v) is 13.4. The van der Waals surface area contributed by atoms with Crippen molar-refractivity contribution in [2.75, 3.05) is 12.5 Å². The minimum absolute atomic E-state index is 0.0225. The van der Waals surface area contributed by atoms with Crippen LogP contribution >= 0.6 is 23.5 Å². The van der Waals surface area contributed by atoms with Crippen molar-refractivity contribution in [3.05, 3.63) is 63.9 Å². The van der Waals surface area contributed by atoms with Crippen LogP contribution in [0.3, 0.4) is 0 Å². The van der Waals surface area contributed by atoms with Gasteiger partial charge >= 0.3 is 0 Å². The SMILES string of the molecule is CSC(SC)=C1C(=O)c2ccccc2Oc2ccccc21. The summed E-state index contributed by atoms with van der Waals surface area (Å²) in [4.78, 5) is 13.0. The Kier molecular flexibility index (Phi) is 4.08. The zero-order chi connectivity index (χ0) is 14.8. The maximum absolute atomic E-state index is 13.0. The molecule has 4 heteroatoms. The van der Waals surface area contributed by atoms with E-state index < -0.39 is 0 Å². The number of hydrogen-bond donors (Lipinski definition) is 0. The van der Waals surface area contributed by atoms with Crippen molar-refractivity contribution >= 4 is 34.9 Å². The van der Waals surface area contributed by atoms with Gasteiger partial charge in [-0.05, 0) is 30.7 Å². The lowest BCUT2D eigenvalue weighted by atomic mass is 9.98. The van der Waals surface area contributed by atoms with E-state index in [0.717, 1.165) is 21.1 Å². The zero-order valence-electron chi connectivity index (χ0n) is 11.8. The van der Waals surface area contributed by atoms with Gasteiger partial charge in [-0.15, -0.1) is 23.5 Å². The average Bonchev–Trinajstić information content (AvgIpc) is 2.64. The molecule has 1 aliphatic heterocycles. The average molecular weight is 314 g/mol. The smallest absolute Gasteiger partial charge is 0.199 e. The molecular formula is C17H14O2S2. The Bertz CT molecular complexity index is 729. The fourth-order valence-corrected chi connectivity index (χ4v) is 3.85. The van der Waals surface area contributed by atoms with Crippen LogP contribution in [0.25, 0.3) is 5.57 Å². The van der Waals surface area contributed by atoms with Crippen molar-refractivity contribution in [1.82, 2.24) is 0 Å². The number of para-hydroxylation sites is 2. The van der Waals surface area contributed by atoms with Crippen molar-refractivity contribution in [3.8, 4) is 11.5 Å². The topological polar surface area (TPSA) is 26.3 Å². The van der Waals surface area contributed by atoms with Crippen LogP contribution in [-0.2, 0) is 0 Å². The van der Waals surface area contributed by atoms with Gasteiger partial charge < -0.3 is 4.74 Å². The van der Waals surface area contributed by atoms with Crippen molar-refractivity contribution in [3.63, 3.8) is 0 Å². The first-order valence-electron chi connectivity index (χ1n) is 6.49. The van der Waals surface area contributed by atoms with Crippen LogP contribution in [0, 0.1) is 0 Å². The van der Waals surface area contributed by atoms with Gasteiger partial charge in [-0.2, -0.15) is 0 Å². The molecule has 0 bridgehead atoms. The maximum atomic E-state index is 13.0. The lowest BCUT2D eigenvalue weighted by Gasteiger charge is -2.11. The summed E-state index contributed by atoms with van der Waals surface area (Å²) in [7, 11) is 0. The Morgan fingerprint density at radius 2 is 1.38 bits per heavy atom. The molecule has 0 aromatic heterocycles. The Morgan fingerprint density at radius 3 is 2.00 bits per heavy atom. The number of hydrogen-bond acceptors (Lipinski definition) is 4. The number of ketones is 1. The Labute approximate surface area is 132 Å². The fourth-order valence-electron chi connectivity index (χ4n) is 2.37. The number of Topliss-reactive ketones (excluding diaryl/α,β-unsaturated/α-hetero) is 1. The molecule has 0 spiro atoms. The third-order valence-electron chi connectivity index (χ3n) is 3.31. The number of ether oxygens (including phenoxy) is 1. The second-order valence-electron chi connectivity index (χ2n) is 4.49. The summed E-state index contributed by atoms with van der Waals surface area (Å²) in [6.07, 6.45) is 3.98. The molecule has 21 heavy (non-hydrogen) atoms. The molecule has 106 valence electrons. The predicted molar refractivity (Wildman–Crippen MR) is 91.2 cm³/mol. The number of carbonyl (C=O) groups is 1. The highest BCUT2D eigenvalue weighted by Crippen LogP contribution is 2.43. The van der Waals surface area contributed by atoms with Crippen molar-refractivity contribution in [2.24, 2.45) is 0 Å². The molecule has 0 atom stereocenters. The van der Waals surface area contributed by atoms with Crippen LogP contribution in [0.1, 0.15) is 15.9 Å². The number of carbonyl (C=O) groups excluding carboxylic acids is 1. The van der Waals surface area contributed by atoms with E-state index in [9.17, 15) is 4.79 Å². The molecule has 0 saturated heterocycles. The first-order valence-corrected chi connectivity index (χ1v) is 8.94. The summed E-state index contributed by atoms with van der Waals surface area (Å²) in [5, 5.41) is 0. The van der Waals surface area contributed by atoms with E-state index in [0.29, 0.717) is 11.3 Å². The van der Waals surface area contributed by atoms with Gasteiger partial charge in [-0.1, -0.05) is 30.3 Å². The van der Waals surface area contributed by atoms with Crippen molar-refractivity contribution in [1.29, 1.82) is 0 Å². The molecule has 3 rings (SSSR count). The standard InChI is InChI=1S/C17H14O2S2/c1-20-17(21-2)15-11-7-3-5-9-13(11)19-14-10-6-4-8-12(14)16(15)18/h3-10H,1-2H3. The summed E-state index contributed by atoms with van der Waals surface area (Å²) in [5.74, 6) is 1.37. The third-order valence-corrected chi connectivity index (χ3v) is 5.46. The lowest BCUT2D eigenvalue weighted by molar-refractivity contribution is 0.105. The van der Waals surface area contributed by atoms with Crippen LogP contribution in [0.4, 0.5) is 0 Å². The molecular weight excluding hydrogens is 300 g/mol. The summed E-state index contributed by atoms with van der Waals surface area (Å²) < 4.78 is 6.98. The van der Waals surface area contributed by atoms with Gasteiger partial charge in [0.25, 0.3) is 0 Å². The Hall–Kier alpha value is -1.65. The molecule has 0 fully saturated rings. The molecule has 0 N–H and O–H groups in total. The number of benzene rings is 2. The van der Waals surface area contributed by atoms with E-state index in [2.05, 4.69) is 0 Å². The summed E-state index contributed by atoms with van der Waals surface area (Å²) in [5.41, 5.74) is 2.21. The highest BCUT2D eigenvalue weighted by Gasteiger charge is 2.27. The van der Waals surface area contributed by atoms with E-state index in [1.54, 1.807) is 23.5 Å². The molecule has 1 heterocycles. The van der Waals surface area contributed by atoms with Gasteiger partial charge in [-0.3, -0.25) is 4.79 Å². The molecule has 0 amide bonds. The van der Waals surface area contributed by atoms with Gasteiger partial charge in [0.05, 0.1) is 15.4 Å². The number of thioether (sulfide) groups is 2. The molecule has 0 unspecified atom stereocenters. The molecule has 0 aliphatic carbocycles. The quantitative estimate of drug-likeness (QED) is 0.723. The van der Waals surface area contributed by atoms with Gasteiger partial charge in [-0.25, -0.2) is 0 Å². The van der Waals surface area contributed by atoms with Gasteiger partial charge in [0.15, 0.2) is 5.78 Å². The molecule has 2 nitrogen and oxygen atoms in total. The van der Waals surface area contributed by atoms with E-state index in [-0.39, 0.29) is 5.78 Å². The summed E-state index contributed by atoms with van der Waals surface area (Å²) in [6.45, 7) is 0. The Balaban J connectivity index is 2.34. The fraction of sp³-hybridized carbons (Fsp3) is 0.118. The normalized spacial score (nSPS) is 13.0. The van der Waals surface area contributed by atoms with Crippen LogP contribution in [0.15, 0.2) is 52.8 Å².